The summed E-state index contributed by atoms with van der Waals surface area (Å²) in [7, 11) is 1.22. The van der Waals surface area contributed by atoms with E-state index in [0.29, 0.717) is 5.56 Å². The number of methoxy groups -OCH3 is 1. The molecule has 1 atom stereocenters. The van der Waals surface area contributed by atoms with Crippen LogP contribution in [0.5, 0.6) is 0 Å². The molecule has 0 aromatic heterocycles. The number of carbonyl (C=O) groups excluding carboxylic acids is 3. The molecule has 0 spiro atoms. The Bertz CT molecular complexity index is 655. The molecular formula is C17H18O5. The molecule has 2 rings (SSSR count). The molecule has 1 aromatic carbocycles. The Balaban J connectivity index is 2.67. The van der Waals surface area contributed by atoms with E-state index in [2.05, 4.69) is 0 Å². The molecule has 0 unspecified atom stereocenters. The normalized spacial score (nSPS) is 20.4. The smallest absolute Gasteiger partial charge is 0.343 e. The summed E-state index contributed by atoms with van der Waals surface area (Å²) in [4.78, 5) is 37.1. The Morgan fingerprint density at radius 2 is 1.77 bits per heavy atom. The summed E-state index contributed by atoms with van der Waals surface area (Å²) >= 11 is 0. The van der Waals surface area contributed by atoms with Crippen LogP contribution < -0.4 is 0 Å². The number of benzene rings is 1. The van der Waals surface area contributed by atoms with Gasteiger partial charge < -0.3 is 9.47 Å². The van der Waals surface area contributed by atoms with Crippen molar-refractivity contribution in [2.45, 2.75) is 26.9 Å². The highest BCUT2D eigenvalue weighted by molar-refractivity contribution is 6.28. The molecule has 0 amide bonds. The quantitative estimate of drug-likeness (QED) is 0.487. The van der Waals surface area contributed by atoms with Crippen molar-refractivity contribution in [1.82, 2.24) is 0 Å². The number of ether oxygens (including phenoxy) is 2. The fraction of sp³-hybridized carbons (Fsp3) is 0.353. The molecule has 0 N–H and O–H groups in total. The van der Waals surface area contributed by atoms with Crippen LogP contribution in [0.15, 0.2) is 41.5 Å². The number of cyclic esters (lactones) is 1. The molecule has 1 aromatic rings. The molecule has 0 radical (unpaired) electrons. The van der Waals surface area contributed by atoms with Crippen LogP contribution >= 0.6 is 0 Å². The van der Waals surface area contributed by atoms with Crippen LogP contribution in [-0.4, -0.2) is 30.9 Å². The van der Waals surface area contributed by atoms with Gasteiger partial charge in [0.1, 0.15) is 11.7 Å². The molecule has 0 saturated carbocycles. The Morgan fingerprint density at radius 3 is 2.32 bits per heavy atom. The monoisotopic (exact) mass is 302 g/mol. The molecule has 0 fully saturated rings. The minimum Gasteiger partial charge on any atom is -0.466 e. The number of hydrogen-bond donors (Lipinski definition) is 0. The van der Waals surface area contributed by atoms with Gasteiger partial charge in [-0.15, -0.1) is 0 Å². The van der Waals surface area contributed by atoms with E-state index in [0.717, 1.165) is 0 Å². The Kier molecular flexibility index (Phi) is 4.17. The van der Waals surface area contributed by atoms with Gasteiger partial charge in [-0.2, -0.15) is 0 Å². The first-order valence-corrected chi connectivity index (χ1v) is 6.94. The molecule has 5 heteroatoms. The zero-order valence-electron chi connectivity index (χ0n) is 13.0. The lowest BCUT2D eigenvalue weighted by Crippen LogP contribution is -2.44. The van der Waals surface area contributed by atoms with Crippen molar-refractivity contribution in [2.24, 2.45) is 5.41 Å². The molecule has 116 valence electrons. The first-order chi connectivity index (χ1) is 10.3. The lowest BCUT2D eigenvalue weighted by Gasteiger charge is -2.37. The fourth-order valence-electron chi connectivity index (χ4n) is 2.40. The molecule has 1 heterocycles. The van der Waals surface area contributed by atoms with Crippen LogP contribution in [0.1, 0.15) is 31.1 Å². The van der Waals surface area contributed by atoms with Gasteiger partial charge in [0.2, 0.25) is 5.78 Å². The van der Waals surface area contributed by atoms with Gasteiger partial charge in [0.25, 0.3) is 0 Å². The number of Topliss-reactive ketones (excluding diaryl/α,β-unsaturated/α-hetero) is 1. The van der Waals surface area contributed by atoms with E-state index < -0.39 is 29.2 Å². The predicted molar refractivity (Wildman–Crippen MR) is 79.1 cm³/mol. The molecule has 22 heavy (non-hydrogen) atoms. The molecule has 1 aliphatic heterocycles. The molecular weight excluding hydrogens is 284 g/mol. The highest BCUT2D eigenvalue weighted by Gasteiger charge is 2.47. The van der Waals surface area contributed by atoms with E-state index in [-0.39, 0.29) is 11.1 Å². The van der Waals surface area contributed by atoms with E-state index in [9.17, 15) is 14.4 Å². The van der Waals surface area contributed by atoms with Crippen LogP contribution in [0.25, 0.3) is 0 Å². The third-order valence-electron chi connectivity index (χ3n) is 4.05. The SMILES string of the molecule is COC(=O)C1=C(C(=O)c2ccccc2)C(=O)O[C@H](C)C1(C)C. The standard InChI is InChI=1S/C17H18O5/c1-10-17(2,3)13(16(20)21-4)12(15(19)22-10)14(18)11-8-6-5-7-9-11/h5-10H,1-4H3/t10-/m1/s1. The van der Waals surface area contributed by atoms with Gasteiger partial charge in [-0.25, -0.2) is 9.59 Å². The molecule has 0 aliphatic carbocycles. The fourth-order valence-corrected chi connectivity index (χ4v) is 2.40. The summed E-state index contributed by atoms with van der Waals surface area (Å²) in [5.41, 5.74) is -0.684. The molecule has 0 saturated heterocycles. The summed E-state index contributed by atoms with van der Waals surface area (Å²) < 4.78 is 10.0. The third kappa shape index (κ3) is 2.54. The first kappa shape index (κ1) is 15.9. The minimum absolute atomic E-state index is 0.0626. The second kappa shape index (κ2) is 5.75. The first-order valence-electron chi connectivity index (χ1n) is 6.94. The van der Waals surface area contributed by atoms with Crippen LogP contribution in [0.2, 0.25) is 0 Å². The van der Waals surface area contributed by atoms with Crippen LogP contribution in [-0.2, 0) is 19.1 Å². The Labute approximate surface area is 128 Å². The van der Waals surface area contributed by atoms with E-state index in [1.165, 1.54) is 7.11 Å². The summed E-state index contributed by atoms with van der Waals surface area (Å²) in [6.07, 6.45) is -0.540. The summed E-state index contributed by atoms with van der Waals surface area (Å²) in [6.45, 7) is 5.17. The predicted octanol–water partition coefficient (Wildman–Crippen LogP) is 2.31. The van der Waals surface area contributed by atoms with Crippen molar-refractivity contribution in [3.63, 3.8) is 0 Å². The second-order valence-electron chi connectivity index (χ2n) is 5.71. The maximum absolute atomic E-state index is 12.7. The van der Waals surface area contributed by atoms with Gasteiger partial charge in [0, 0.05) is 11.0 Å². The Morgan fingerprint density at radius 1 is 1.18 bits per heavy atom. The van der Waals surface area contributed by atoms with Crippen LogP contribution in [0.4, 0.5) is 0 Å². The van der Waals surface area contributed by atoms with Crippen molar-refractivity contribution in [3.8, 4) is 0 Å². The highest BCUT2D eigenvalue weighted by atomic mass is 16.5. The number of rotatable bonds is 3. The van der Waals surface area contributed by atoms with Crippen molar-refractivity contribution in [3.05, 3.63) is 47.0 Å². The van der Waals surface area contributed by atoms with Gasteiger partial charge >= 0.3 is 11.9 Å². The summed E-state index contributed by atoms with van der Waals surface area (Å²) in [5.74, 6) is -2.01. The maximum atomic E-state index is 12.7. The van der Waals surface area contributed by atoms with Crippen molar-refractivity contribution >= 4 is 17.7 Å². The van der Waals surface area contributed by atoms with E-state index in [4.69, 9.17) is 9.47 Å². The van der Waals surface area contributed by atoms with Crippen LogP contribution in [0.3, 0.4) is 0 Å². The molecule has 5 nitrogen and oxygen atoms in total. The topological polar surface area (TPSA) is 69.7 Å². The molecule has 0 bridgehead atoms. The van der Waals surface area contributed by atoms with Crippen molar-refractivity contribution < 1.29 is 23.9 Å². The largest absolute Gasteiger partial charge is 0.466 e. The van der Waals surface area contributed by atoms with Gasteiger partial charge in [0.15, 0.2) is 0 Å². The lowest BCUT2D eigenvalue weighted by molar-refractivity contribution is -0.154. The van der Waals surface area contributed by atoms with Gasteiger partial charge in [0.05, 0.1) is 12.7 Å². The Hall–Kier alpha value is -2.43. The maximum Gasteiger partial charge on any atom is 0.343 e. The average molecular weight is 302 g/mol. The highest BCUT2D eigenvalue weighted by Crippen LogP contribution is 2.40. The van der Waals surface area contributed by atoms with E-state index in [1.807, 2.05) is 0 Å². The summed E-state index contributed by atoms with van der Waals surface area (Å²) in [5, 5.41) is 0. The van der Waals surface area contributed by atoms with Crippen molar-refractivity contribution in [1.29, 1.82) is 0 Å². The van der Waals surface area contributed by atoms with Gasteiger partial charge in [-0.05, 0) is 6.92 Å². The zero-order valence-corrected chi connectivity index (χ0v) is 13.0. The number of ketones is 1. The van der Waals surface area contributed by atoms with E-state index >= 15 is 0 Å². The molecule has 1 aliphatic rings. The van der Waals surface area contributed by atoms with Gasteiger partial charge in [-0.3, -0.25) is 4.79 Å². The van der Waals surface area contributed by atoms with Crippen LogP contribution in [0, 0.1) is 5.41 Å². The number of hydrogen-bond acceptors (Lipinski definition) is 5. The number of carbonyl (C=O) groups is 3. The lowest BCUT2D eigenvalue weighted by atomic mass is 9.74. The second-order valence-corrected chi connectivity index (χ2v) is 5.71. The van der Waals surface area contributed by atoms with Gasteiger partial charge in [-0.1, -0.05) is 44.2 Å². The number of esters is 2. The van der Waals surface area contributed by atoms with Crippen molar-refractivity contribution in [2.75, 3.05) is 7.11 Å². The average Bonchev–Trinajstić information content (AvgIpc) is 2.50. The van der Waals surface area contributed by atoms with E-state index in [1.54, 1.807) is 51.1 Å². The minimum atomic E-state index is -0.819. The third-order valence-corrected chi connectivity index (χ3v) is 4.05. The zero-order chi connectivity index (χ0) is 16.5. The summed E-state index contributed by atoms with van der Waals surface area (Å²) in [6, 6.07) is 8.31.